The molecule has 170 valence electrons. The molecule has 4 rings (SSSR count). The highest BCUT2D eigenvalue weighted by Gasteiger charge is 2.36. The summed E-state index contributed by atoms with van der Waals surface area (Å²) in [5.74, 6) is 0.473. The van der Waals surface area contributed by atoms with Gasteiger partial charge in [-0.1, -0.05) is 0 Å². The maximum Gasteiger partial charge on any atom is 0.276 e. The SMILES string of the molecule is COc1cc(C2Nc3ccc(I)cc3C(=O)N2NC(=O)c2ccncc2)cc(OC)c1OC. The molecule has 2 aromatic carbocycles. The van der Waals surface area contributed by atoms with E-state index in [4.69, 9.17) is 14.2 Å². The Balaban J connectivity index is 1.81. The number of carbonyl (C=O) groups excluding carboxylic acids is 2. The zero-order valence-corrected chi connectivity index (χ0v) is 20.2. The minimum absolute atomic E-state index is 0.358. The van der Waals surface area contributed by atoms with E-state index < -0.39 is 12.1 Å². The lowest BCUT2D eigenvalue weighted by Gasteiger charge is -2.38. The maximum atomic E-state index is 13.5. The van der Waals surface area contributed by atoms with Gasteiger partial charge in [0.2, 0.25) is 5.75 Å². The first kappa shape index (κ1) is 22.6. The lowest BCUT2D eigenvalue weighted by molar-refractivity contribution is 0.0490. The molecule has 1 unspecified atom stereocenters. The molecule has 1 atom stereocenters. The number of pyridine rings is 1. The highest BCUT2D eigenvalue weighted by Crippen LogP contribution is 2.42. The number of aromatic nitrogens is 1. The molecular formula is C23H21IN4O5. The first-order valence-electron chi connectivity index (χ1n) is 9.87. The van der Waals surface area contributed by atoms with Crippen molar-refractivity contribution in [1.82, 2.24) is 15.4 Å². The molecule has 0 aliphatic carbocycles. The molecular weight excluding hydrogens is 539 g/mol. The number of nitrogens with zero attached hydrogens (tertiary/aromatic N) is 2. The Bertz CT molecular complexity index is 1180. The second-order valence-corrected chi connectivity index (χ2v) is 8.29. The number of nitrogens with one attached hydrogen (secondary N) is 2. The molecule has 0 fully saturated rings. The summed E-state index contributed by atoms with van der Waals surface area (Å²) in [6, 6.07) is 12.1. The lowest BCUT2D eigenvalue weighted by Crippen LogP contribution is -2.52. The van der Waals surface area contributed by atoms with E-state index in [0.717, 1.165) is 3.57 Å². The number of methoxy groups -OCH3 is 3. The number of fused-ring (bicyclic) bond motifs is 1. The molecule has 2 heterocycles. The molecule has 1 aliphatic heterocycles. The predicted octanol–water partition coefficient (Wildman–Crippen LogP) is 3.62. The van der Waals surface area contributed by atoms with Crippen molar-refractivity contribution in [2.24, 2.45) is 0 Å². The number of rotatable bonds is 6. The molecule has 2 amide bonds. The largest absolute Gasteiger partial charge is 0.493 e. The van der Waals surface area contributed by atoms with Crippen molar-refractivity contribution >= 4 is 40.1 Å². The third-order valence-corrected chi connectivity index (χ3v) is 5.82. The second-order valence-electron chi connectivity index (χ2n) is 7.05. The number of anilines is 1. The van der Waals surface area contributed by atoms with Gasteiger partial charge in [0, 0.05) is 32.8 Å². The first-order valence-corrected chi connectivity index (χ1v) is 10.9. The minimum Gasteiger partial charge on any atom is -0.493 e. The number of halogens is 1. The summed E-state index contributed by atoms with van der Waals surface area (Å²) in [5.41, 5.74) is 4.82. The summed E-state index contributed by atoms with van der Waals surface area (Å²) < 4.78 is 17.3. The fraction of sp³-hybridized carbons (Fsp3) is 0.174. The quantitative estimate of drug-likeness (QED) is 0.445. The predicted molar refractivity (Wildman–Crippen MR) is 129 cm³/mol. The van der Waals surface area contributed by atoms with Gasteiger partial charge in [-0.2, -0.15) is 0 Å². The van der Waals surface area contributed by atoms with E-state index in [1.807, 2.05) is 12.1 Å². The summed E-state index contributed by atoms with van der Waals surface area (Å²) in [6.07, 6.45) is 2.28. The van der Waals surface area contributed by atoms with Crippen LogP contribution in [0.1, 0.15) is 32.4 Å². The van der Waals surface area contributed by atoms with Crippen molar-refractivity contribution in [3.8, 4) is 17.2 Å². The Labute approximate surface area is 204 Å². The highest BCUT2D eigenvalue weighted by molar-refractivity contribution is 14.1. The van der Waals surface area contributed by atoms with Gasteiger partial charge in [0.1, 0.15) is 6.17 Å². The van der Waals surface area contributed by atoms with E-state index in [0.29, 0.717) is 39.6 Å². The van der Waals surface area contributed by atoms with Crippen LogP contribution in [-0.4, -0.2) is 43.1 Å². The van der Waals surface area contributed by atoms with Gasteiger partial charge in [-0.25, -0.2) is 5.01 Å². The highest BCUT2D eigenvalue weighted by atomic mass is 127. The van der Waals surface area contributed by atoms with Crippen LogP contribution in [0.4, 0.5) is 5.69 Å². The molecule has 1 aromatic heterocycles. The van der Waals surface area contributed by atoms with Crippen molar-refractivity contribution in [2.45, 2.75) is 6.17 Å². The Morgan fingerprint density at radius 3 is 2.30 bits per heavy atom. The van der Waals surface area contributed by atoms with E-state index in [1.54, 1.807) is 30.3 Å². The van der Waals surface area contributed by atoms with Gasteiger partial charge < -0.3 is 19.5 Å². The van der Waals surface area contributed by atoms with Gasteiger partial charge in [-0.05, 0) is 65.1 Å². The number of benzene rings is 2. The molecule has 1 aliphatic rings. The summed E-state index contributed by atoms with van der Waals surface area (Å²) in [6.45, 7) is 0. The van der Waals surface area contributed by atoms with Crippen LogP contribution in [0.15, 0.2) is 54.9 Å². The molecule has 0 radical (unpaired) electrons. The van der Waals surface area contributed by atoms with E-state index in [2.05, 4.69) is 38.3 Å². The average Bonchev–Trinajstić information content (AvgIpc) is 2.85. The number of hydrazine groups is 1. The van der Waals surface area contributed by atoms with Crippen molar-refractivity contribution in [3.63, 3.8) is 0 Å². The topological polar surface area (TPSA) is 102 Å². The zero-order valence-electron chi connectivity index (χ0n) is 18.1. The number of hydrogen-bond donors (Lipinski definition) is 2. The van der Waals surface area contributed by atoms with Gasteiger partial charge in [-0.3, -0.25) is 20.0 Å². The van der Waals surface area contributed by atoms with Gasteiger partial charge in [0.05, 0.1) is 26.9 Å². The Kier molecular flexibility index (Phi) is 6.54. The van der Waals surface area contributed by atoms with Crippen LogP contribution >= 0.6 is 22.6 Å². The standard InChI is InChI=1S/C23H21IN4O5/c1-31-18-10-14(11-19(32-2)20(18)33-3)21-26-17-5-4-15(24)12-16(17)23(30)28(21)27-22(29)13-6-8-25-9-7-13/h4-12,21,26H,1-3H3,(H,27,29). The van der Waals surface area contributed by atoms with Crippen LogP contribution in [0.25, 0.3) is 0 Å². The number of amides is 2. The van der Waals surface area contributed by atoms with Crippen LogP contribution in [0.5, 0.6) is 17.2 Å². The maximum absolute atomic E-state index is 13.5. The van der Waals surface area contributed by atoms with Crippen LogP contribution in [0, 0.1) is 3.57 Å². The van der Waals surface area contributed by atoms with Gasteiger partial charge in [-0.15, -0.1) is 0 Å². The van der Waals surface area contributed by atoms with Crippen molar-refractivity contribution in [3.05, 3.63) is 75.1 Å². The van der Waals surface area contributed by atoms with Gasteiger partial charge in [0.15, 0.2) is 11.5 Å². The number of hydrogen-bond acceptors (Lipinski definition) is 7. The second kappa shape index (κ2) is 9.53. The van der Waals surface area contributed by atoms with E-state index in [-0.39, 0.29) is 5.91 Å². The smallest absolute Gasteiger partial charge is 0.276 e. The molecule has 0 bridgehead atoms. The lowest BCUT2D eigenvalue weighted by atomic mass is 10.0. The van der Waals surface area contributed by atoms with E-state index >= 15 is 0 Å². The van der Waals surface area contributed by atoms with Gasteiger partial charge in [0.25, 0.3) is 11.8 Å². The fourth-order valence-electron chi connectivity index (χ4n) is 3.56. The average molecular weight is 560 g/mol. The van der Waals surface area contributed by atoms with Crippen LogP contribution in [0.2, 0.25) is 0 Å². The Hall–Kier alpha value is -3.54. The van der Waals surface area contributed by atoms with Gasteiger partial charge >= 0.3 is 0 Å². The summed E-state index contributed by atoms with van der Waals surface area (Å²) in [5, 5.41) is 4.61. The summed E-state index contributed by atoms with van der Waals surface area (Å²) in [7, 11) is 4.54. The molecule has 10 heteroatoms. The summed E-state index contributed by atoms with van der Waals surface area (Å²) >= 11 is 2.14. The zero-order chi connectivity index (χ0) is 23.5. The molecule has 9 nitrogen and oxygen atoms in total. The molecule has 0 saturated carbocycles. The molecule has 2 N–H and O–H groups in total. The van der Waals surface area contributed by atoms with Crippen molar-refractivity contribution in [1.29, 1.82) is 0 Å². The molecule has 0 saturated heterocycles. The van der Waals surface area contributed by atoms with Crippen LogP contribution in [-0.2, 0) is 0 Å². The van der Waals surface area contributed by atoms with Crippen molar-refractivity contribution in [2.75, 3.05) is 26.6 Å². The van der Waals surface area contributed by atoms with E-state index in [1.165, 1.54) is 38.7 Å². The fourth-order valence-corrected chi connectivity index (χ4v) is 4.05. The molecule has 33 heavy (non-hydrogen) atoms. The number of ether oxygens (including phenoxy) is 3. The third kappa shape index (κ3) is 4.38. The van der Waals surface area contributed by atoms with E-state index in [9.17, 15) is 9.59 Å². The monoisotopic (exact) mass is 560 g/mol. The number of carbonyl (C=O) groups is 2. The summed E-state index contributed by atoms with van der Waals surface area (Å²) in [4.78, 5) is 30.4. The molecule has 0 spiro atoms. The van der Waals surface area contributed by atoms with Crippen molar-refractivity contribution < 1.29 is 23.8 Å². The first-order chi connectivity index (χ1) is 16.0. The normalized spacial score (nSPS) is 14.7. The molecule has 3 aromatic rings. The Morgan fingerprint density at radius 1 is 1.03 bits per heavy atom. The third-order valence-electron chi connectivity index (χ3n) is 5.15. The van der Waals surface area contributed by atoms with Crippen LogP contribution in [0.3, 0.4) is 0 Å². The van der Waals surface area contributed by atoms with Crippen LogP contribution < -0.4 is 25.0 Å². The minimum atomic E-state index is -0.746. The Morgan fingerprint density at radius 2 is 1.70 bits per heavy atom.